The summed E-state index contributed by atoms with van der Waals surface area (Å²) in [6.45, 7) is 0. The van der Waals surface area contributed by atoms with E-state index in [1.54, 1.807) is 6.07 Å². The van der Waals surface area contributed by atoms with Crippen LogP contribution in [0.4, 0.5) is 10.5 Å². The highest BCUT2D eigenvalue weighted by molar-refractivity contribution is 8.13. The molecule has 1 saturated heterocycles. The first kappa shape index (κ1) is 13.8. The van der Waals surface area contributed by atoms with Gasteiger partial charge in [-0.15, -0.1) is 0 Å². The minimum atomic E-state index is -0.527. The van der Waals surface area contributed by atoms with Gasteiger partial charge in [0.1, 0.15) is 11.5 Å². The minimum Gasteiger partial charge on any atom is -0.450 e. The number of imide groups is 1. The molecular weight excluding hydrogens is 314 g/mol. The first-order valence-corrected chi connectivity index (χ1v) is 7.76. The van der Waals surface area contributed by atoms with Gasteiger partial charge in [-0.05, 0) is 35.5 Å². The van der Waals surface area contributed by atoms with E-state index in [0.29, 0.717) is 10.9 Å². The number of carbonyl (C=O) groups excluding carboxylic acids is 2. The van der Waals surface area contributed by atoms with Crippen molar-refractivity contribution in [3.8, 4) is 0 Å². The maximum atomic E-state index is 11.5. The van der Waals surface area contributed by atoms with E-state index in [1.165, 1.54) is 23.4 Å². The van der Waals surface area contributed by atoms with Crippen molar-refractivity contribution in [1.82, 2.24) is 10.6 Å². The Labute approximate surface area is 135 Å². The number of thioether (sulfide) groups is 1. The molecule has 2 aromatic rings. The standard InChI is InChI=1S/C16H11N3O3S/c20-15-12(18-16(21)19-15)8-10-5-6-14(22-10)23-13-7-9-3-1-2-4-11(9)17-13/h1-6,8H,7H2,(H2,18,19,20,21)/b12-8-. The third-order valence-electron chi connectivity index (χ3n) is 3.41. The molecule has 0 unspecified atom stereocenters. The number of urea groups is 1. The van der Waals surface area contributed by atoms with Crippen LogP contribution in [0.1, 0.15) is 11.3 Å². The maximum Gasteiger partial charge on any atom is 0.326 e. The van der Waals surface area contributed by atoms with Gasteiger partial charge in [-0.25, -0.2) is 9.79 Å². The van der Waals surface area contributed by atoms with Gasteiger partial charge in [-0.2, -0.15) is 0 Å². The van der Waals surface area contributed by atoms with Crippen LogP contribution < -0.4 is 10.6 Å². The Morgan fingerprint density at radius 3 is 2.78 bits per heavy atom. The molecule has 0 radical (unpaired) electrons. The van der Waals surface area contributed by atoms with Gasteiger partial charge in [0.2, 0.25) is 0 Å². The summed E-state index contributed by atoms with van der Waals surface area (Å²) in [5.74, 6) is 0.0344. The molecule has 0 bridgehead atoms. The molecule has 0 atom stereocenters. The molecule has 1 aromatic carbocycles. The number of nitrogens with one attached hydrogen (secondary N) is 2. The van der Waals surface area contributed by atoms with Gasteiger partial charge in [0.05, 0.1) is 10.7 Å². The van der Waals surface area contributed by atoms with E-state index in [2.05, 4.69) is 21.7 Å². The van der Waals surface area contributed by atoms with Crippen LogP contribution >= 0.6 is 11.8 Å². The van der Waals surface area contributed by atoms with E-state index in [-0.39, 0.29) is 5.70 Å². The van der Waals surface area contributed by atoms with Crippen LogP contribution in [0.15, 0.2) is 56.6 Å². The zero-order valence-electron chi connectivity index (χ0n) is 11.8. The highest BCUT2D eigenvalue weighted by Gasteiger charge is 2.23. The van der Waals surface area contributed by atoms with E-state index < -0.39 is 11.9 Å². The highest BCUT2D eigenvalue weighted by atomic mass is 32.2. The summed E-state index contributed by atoms with van der Waals surface area (Å²) in [7, 11) is 0. The molecule has 2 N–H and O–H groups in total. The summed E-state index contributed by atoms with van der Waals surface area (Å²) in [4.78, 5) is 27.1. The summed E-state index contributed by atoms with van der Waals surface area (Å²) < 4.78 is 5.66. The van der Waals surface area contributed by atoms with E-state index in [4.69, 9.17) is 4.42 Å². The average molecular weight is 325 g/mol. The molecule has 114 valence electrons. The topological polar surface area (TPSA) is 83.7 Å². The van der Waals surface area contributed by atoms with Gasteiger partial charge < -0.3 is 9.73 Å². The second-order valence-corrected chi connectivity index (χ2v) is 6.11. The molecule has 4 rings (SSSR count). The number of aliphatic imine (C=N–C) groups is 1. The SMILES string of the molecule is O=C1NC(=O)/C(=C/c2ccc(SC3=Nc4ccccc4C3)o2)N1. The number of hydrogen-bond donors (Lipinski definition) is 2. The molecule has 1 aromatic heterocycles. The molecule has 0 aliphatic carbocycles. The fraction of sp³-hybridized carbons (Fsp3) is 0.0625. The molecule has 3 amide bonds. The average Bonchev–Trinajstić information content (AvgIpc) is 3.19. The summed E-state index contributed by atoms with van der Waals surface area (Å²) in [6, 6.07) is 11.1. The largest absolute Gasteiger partial charge is 0.450 e. The van der Waals surface area contributed by atoms with Crippen molar-refractivity contribution in [2.45, 2.75) is 11.5 Å². The Kier molecular flexibility index (Phi) is 3.27. The molecule has 23 heavy (non-hydrogen) atoms. The van der Waals surface area contributed by atoms with Crippen molar-refractivity contribution in [3.63, 3.8) is 0 Å². The number of hydrogen-bond acceptors (Lipinski definition) is 5. The van der Waals surface area contributed by atoms with Gasteiger partial charge in [0, 0.05) is 12.5 Å². The zero-order valence-corrected chi connectivity index (χ0v) is 12.6. The van der Waals surface area contributed by atoms with Crippen molar-refractivity contribution in [1.29, 1.82) is 0 Å². The van der Waals surface area contributed by atoms with Crippen molar-refractivity contribution in [3.05, 3.63) is 53.4 Å². The van der Waals surface area contributed by atoms with E-state index in [1.807, 2.05) is 24.3 Å². The van der Waals surface area contributed by atoms with Gasteiger partial charge >= 0.3 is 6.03 Å². The van der Waals surface area contributed by atoms with Crippen LogP contribution in [0, 0.1) is 0 Å². The Bertz CT molecular complexity index is 882. The van der Waals surface area contributed by atoms with Crippen LogP contribution in [0.25, 0.3) is 6.08 Å². The van der Waals surface area contributed by atoms with Crippen LogP contribution in [0.3, 0.4) is 0 Å². The van der Waals surface area contributed by atoms with Crippen molar-refractivity contribution < 1.29 is 14.0 Å². The second kappa shape index (κ2) is 5.44. The van der Waals surface area contributed by atoms with Crippen LogP contribution in [0.2, 0.25) is 0 Å². The molecule has 1 fully saturated rings. The van der Waals surface area contributed by atoms with Crippen molar-refractivity contribution in [2.24, 2.45) is 4.99 Å². The Morgan fingerprint density at radius 2 is 2.00 bits per heavy atom. The maximum absolute atomic E-state index is 11.5. The highest BCUT2D eigenvalue weighted by Crippen LogP contribution is 2.33. The monoisotopic (exact) mass is 325 g/mol. The summed E-state index contributed by atoms with van der Waals surface area (Å²) in [5, 5.41) is 6.21. The molecule has 2 aliphatic heterocycles. The molecule has 0 spiro atoms. The lowest BCUT2D eigenvalue weighted by atomic mass is 10.2. The lowest BCUT2D eigenvalue weighted by Crippen LogP contribution is -2.22. The summed E-state index contributed by atoms with van der Waals surface area (Å²) in [6.07, 6.45) is 2.28. The lowest BCUT2D eigenvalue weighted by Gasteiger charge is -1.96. The predicted octanol–water partition coefficient (Wildman–Crippen LogP) is 2.84. The van der Waals surface area contributed by atoms with Gasteiger partial charge in [0.15, 0.2) is 5.09 Å². The number of nitrogens with zero attached hydrogens (tertiary/aromatic N) is 1. The fourth-order valence-corrected chi connectivity index (χ4v) is 3.25. The van der Waals surface area contributed by atoms with Crippen molar-refractivity contribution in [2.75, 3.05) is 0 Å². The first-order valence-electron chi connectivity index (χ1n) is 6.94. The third-order valence-corrected chi connectivity index (χ3v) is 4.30. The smallest absolute Gasteiger partial charge is 0.326 e. The number of carbonyl (C=O) groups is 2. The van der Waals surface area contributed by atoms with E-state index in [0.717, 1.165) is 17.2 Å². The number of para-hydroxylation sites is 1. The van der Waals surface area contributed by atoms with Crippen LogP contribution in [-0.2, 0) is 11.2 Å². The fourth-order valence-electron chi connectivity index (χ4n) is 2.37. The molecule has 3 heterocycles. The molecular formula is C16H11N3O3S. The van der Waals surface area contributed by atoms with E-state index in [9.17, 15) is 9.59 Å². The molecule has 6 nitrogen and oxygen atoms in total. The normalized spacial score (nSPS) is 17.9. The van der Waals surface area contributed by atoms with Gasteiger partial charge in [0.25, 0.3) is 5.91 Å². The molecule has 7 heteroatoms. The summed E-state index contributed by atoms with van der Waals surface area (Å²) >= 11 is 1.45. The Hall–Kier alpha value is -2.80. The molecule has 2 aliphatic rings. The minimum absolute atomic E-state index is 0.173. The Balaban J connectivity index is 1.49. The van der Waals surface area contributed by atoms with Crippen molar-refractivity contribution >= 4 is 40.5 Å². The third kappa shape index (κ3) is 2.78. The first-order chi connectivity index (χ1) is 11.2. The zero-order chi connectivity index (χ0) is 15.8. The number of amides is 3. The quantitative estimate of drug-likeness (QED) is 0.657. The van der Waals surface area contributed by atoms with Crippen LogP contribution in [-0.4, -0.2) is 17.0 Å². The Morgan fingerprint density at radius 1 is 1.13 bits per heavy atom. The number of rotatable bonds is 2. The number of furan rings is 1. The second-order valence-electron chi connectivity index (χ2n) is 5.04. The predicted molar refractivity (Wildman–Crippen MR) is 86.5 cm³/mol. The number of fused-ring (bicyclic) bond motifs is 1. The van der Waals surface area contributed by atoms with Crippen LogP contribution in [0.5, 0.6) is 0 Å². The van der Waals surface area contributed by atoms with Gasteiger partial charge in [-0.1, -0.05) is 18.2 Å². The lowest BCUT2D eigenvalue weighted by molar-refractivity contribution is -0.115. The summed E-state index contributed by atoms with van der Waals surface area (Å²) in [5.41, 5.74) is 2.37. The molecule has 0 saturated carbocycles. The van der Waals surface area contributed by atoms with E-state index >= 15 is 0 Å². The number of benzene rings is 1. The van der Waals surface area contributed by atoms with Gasteiger partial charge in [-0.3, -0.25) is 10.1 Å².